The van der Waals surface area contributed by atoms with Crippen LogP contribution >= 0.6 is 0 Å². The Kier molecular flexibility index (Phi) is 4.27. The van der Waals surface area contributed by atoms with Crippen molar-refractivity contribution >= 4 is 33.5 Å². The van der Waals surface area contributed by atoms with Gasteiger partial charge in [0, 0.05) is 11.1 Å². The van der Waals surface area contributed by atoms with E-state index in [1.54, 1.807) is 18.2 Å². The van der Waals surface area contributed by atoms with Gasteiger partial charge in [-0.25, -0.2) is 9.59 Å². The highest BCUT2D eigenvalue weighted by Crippen LogP contribution is 2.24. The Morgan fingerprint density at radius 2 is 1.25 bits per heavy atom. The van der Waals surface area contributed by atoms with Gasteiger partial charge >= 0.3 is 11.9 Å². The number of carbonyl (C=O) groups is 2. The number of carboxylic acid groups (broad SMARTS) is 2. The Balaban J connectivity index is 1.94. The lowest BCUT2D eigenvalue weighted by Gasteiger charge is -2.06. The van der Waals surface area contributed by atoms with Crippen LogP contribution in [0.25, 0.3) is 21.5 Å². The SMILES string of the molecule is O=C(O)c1cc2cccc(C(=O)O)c2cc1C#Cc1cccc2ccccc12. The highest BCUT2D eigenvalue weighted by Gasteiger charge is 2.14. The Morgan fingerprint density at radius 3 is 2.04 bits per heavy atom. The van der Waals surface area contributed by atoms with Crippen molar-refractivity contribution < 1.29 is 19.8 Å². The van der Waals surface area contributed by atoms with E-state index in [-0.39, 0.29) is 16.7 Å². The minimum Gasteiger partial charge on any atom is -0.478 e. The van der Waals surface area contributed by atoms with E-state index in [0.29, 0.717) is 10.8 Å². The van der Waals surface area contributed by atoms with Crippen molar-refractivity contribution in [2.24, 2.45) is 0 Å². The van der Waals surface area contributed by atoms with Gasteiger partial charge in [0.05, 0.1) is 11.1 Å². The molecule has 134 valence electrons. The molecule has 0 fully saturated rings. The van der Waals surface area contributed by atoms with Crippen molar-refractivity contribution in [2.45, 2.75) is 0 Å². The van der Waals surface area contributed by atoms with Gasteiger partial charge in [-0.3, -0.25) is 0 Å². The predicted octanol–water partition coefficient (Wildman–Crippen LogP) is 4.79. The second kappa shape index (κ2) is 6.90. The summed E-state index contributed by atoms with van der Waals surface area (Å²) in [4.78, 5) is 23.2. The third-order valence-electron chi connectivity index (χ3n) is 4.60. The molecular formula is C24H14O4. The highest BCUT2D eigenvalue weighted by atomic mass is 16.4. The Morgan fingerprint density at radius 1 is 0.607 bits per heavy atom. The van der Waals surface area contributed by atoms with Gasteiger partial charge in [0.25, 0.3) is 0 Å². The van der Waals surface area contributed by atoms with Gasteiger partial charge in [-0.1, -0.05) is 60.4 Å². The normalized spacial score (nSPS) is 10.4. The zero-order valence-electron chi connectivity index (χ0n) is 14.6. The molecule has 0 bridgehead atoms. The molecular weight excluding hydrogens is 352 g/mol. The van der Waals surface area contributed by atoms with E-state index < -0.39 is 11.9 Å². The molecule has 4 heteroatoms. The van der Waals surface area contributed by atoms with Gasteiger partial charge in [0.2, 0.25) is 0 Å². The molecule has 0 radical (unpaired) electrons. The second-order valence-electron chi connectivity index (χ2n) is 6.31. The maximum Gasteiger partial charge on any atom is 0.336 e. The fourth-order valence-corrected chi connectivity index (χ4v) is 3.26. The van der Waals surface area contributed by atoms with Gasteiger partial charge < -0.3 is 10.2 Å². The highest BCUT2D eigenvalue weighted by molar-refractivity contribution is 6.06. The van der Waals surface area contributed by atoms with Gasteiger partial charge in [-0.15, -0.1) is 0 Å². The molecule has 28 heavy (non-hydrogen) atoms. The lowest BCUT2D eigenvalue weighted by atomic mass is 9.97. The van der Waals surface area contributed by atoms with Crippen LogP contribution in [0, 0.1) is 11.8 Å². The molecule has 0 spiro atoms. The van der Waals surface area contributed by atoms with Gasteiger partial charge in [-0.2, -0.15) is 0 Å². The third-order valence-corrected chi connectivity index (χ3v) is 4.60. The first kappa shape index (κ1) is 17.3. The minimum atomic E-state index is -1.11. The molecule has 0 amide bonds. The number of benzene rings is 4. The van der Waals surface area contributed by atoms with E-state index in [2.05, 4.69) is 11.8 Å². The van der Waals surface area contributed by atoms with Crippen molar-refractivity contribution in [1.82, 2.24) is 0 Å². The largest absolute Gasteiger partial charge is 0.478 e. The third kappa shape index (κ3) is 3.06. The summed E-state index contributed by atoms with van der Waals surface area (Å²) in [5.74, 6) is 3.81. The first-order chi connectivity index (χ1) is 13.5. The molecule has 0 aliphatic rings. The zero-order chi connectivity index (χ0) is 19.7. The van der Waals surface area contributed by atoms with Gasteiger partial charge in [0.15, 0.2) is 0 Å². The molecule has 0 unspecified atom stereocenters. The number of rotatable bonds is 2. The number of carboxylic acids is 2. The predicted molar refractivity (Wildman–Crippen MR) is 108 cm³/mol. The summed E-state index contributed by atoms with van der Waals surface area (Å²) in [6.07, 6.45) is 0. The number of fused-ring (bicyclic) bond motifs is 2. The van der Waals surface area contributed by atoms with Crippen LogP contribution in [0.3, 0.4) is 0 Å². The molecule has 0 aliphatic heterocycles. The molecule has 4 nitrogen and oxygen atoms in total. The summed E-state index contributed by atoms with van der Waals surface area (Å²) in [5, 5.41) is 22.0. The van der Waals surface area contributed by atoms with Crippen LogP contribution in [0.2, 0.25) is 0 Å². The van der Waals surface area contributed by atoms with Crippen LogP contribution in [-0.2, 0) is 0 Å². The second-order valence-corrected chi connectivity index (χ2v) is 6.31. The smallest absolute Gasteiger partial charge is 0.336 e. The van der Waals surface area contributed by atoms with Crippen molar-refractivity contribution in [3.8, 4) is 11.8 Å². The van der Waals surface area contributed by atoms with Crippen molar-refractivity contribution in [1.29, 1.82) is 0 Å². The fraction of sp³-hybridized carbons (Fsp3) is 0. The molecule has 0 atom stereocenters. The topological polar surface area (TPSA) is 74.6 Å². The first-order valence-corrected chi connectivity index (χ1v) is 8.58. The minimum absolute atomic E-state index is 0.0442. The van der Waals surface area contributed by atoms with E-state index >= 15 is 0 Å². The van der Waals surface area contributed by atoms with Crippen LogP contribution in [0.1, 0.15) is 31.8 Å². The summed E-state index contributed by atoms with van der Waals surface area (Å²) in [7, 11) is 0. The number of aromatic carboxylic acids is 2. The lowest BCUT2D eigenvalue weighted by Crippen LogP contribution is -2.03. The Hall–Kier alpha value is -4.10. The van der Waals surface area contributed by atoms with Gasteiger partial charge in [0.1, 0.15) is 0 Å². The van der Waals surface area contributed by atoms with Crippen LogP contribution < -0.4 is 0 Å². The molecule has 0 heterocycles. The molecule has 0 saturated heterocycles. The maximum atomic E-state index is 11.7. The first-order valence-electron chi connectivity index (χ1n) is 8.58. The summed E-state index contributed by atoms with van der Waals surface area (Å²) in [5.41, 5.74) is 1.22. The summed E-state index contributed by atoms with van der Waals surface area (Å²) >= 11 is 0. The molecule has 4 aromatic rings. The maximum absolute atomic E-state index is 11.7. The number of hydrogen-bond acceptors (Lipinski definition) is 2. The lowest BCUT2D eigenvalue weighted by molar-refractivity contribution is 0.0688. The van der Waals surface area contributed by atoms with Crippen LogP contribution in [0.5, 0.6) is 0 Å². The average Bonchev–Trinajstić information content (AvgIpc) is 2.70. The summed E-state index contributed by atoms with van der Waals surface area (Å²) in [6, 6.07) is 21.4. The number of hydrogen-bond donors (Lipinski definition) is 2. The van der Waals surface area contributed by atoms with E-state index in [0.717, 1.165) is 16.3 Å². The van der Waals surface area contributed by atoms with E-state index in [4.69, 9.17) is 0 Å². The molecule has 4 aromatic carbocycles. The molecule has 0 aliphatic carbocycles. The van der Waals surface area contributed by atoms with Crippen molar-refractivity contribution in [2.75, 3.05) is 0 Å². The summed E-state index contributed by atoms with van der Waals surface area (Å²) in [6.45, 7) is 0. The monoisotopic (exact) mass is 366 g/mol. The van der Waals surface area contributed by atoms with Crippen LogP contribution in [-0.4, -0.2) is 22.2 Å². The van der Waals surface area contributed by atoms with Crippen molar-refractivity contribution in [3.05, 3.63) is 95.1 Å². The Bertz CT molecular complexity index is 1320. The fourth-order valence-electron chi connectivity index (χ4n) is 3.26. The molecule has 2 N–H and O–H groups in total. The van der Waals surface area contributed by atoms with E-state index in [1.165, 1.54) is 12.1 Å². The van der Waals surface area contributed by atoms with Crippen molar-refractivity contribution in [3.63, 3.8) is 0 Å². The summed E-state index contributed by atoms with van der Waals surface area (Å²) < 4.78 is 0. The standard InChI is InChI=1S/C24H14O4/c25-23(26)20-10-4-8-17-14-22(24(27)28)18(13-21(17)20)12-11-16-7-3-6-15-5-1-2-9-19(15)16/h1-10,13-14H,(H,25,26)(H,27,28). The van der Waals surface area contributed by atoms with Crippen LogP contribution in [0.4, 0.5) is 0 Å². The van der Waals surface area contributed by atoms with E-state index in [1.807, 2.05) is 42.5 Å². The van der Waals surface area contributed by atoms with E-state index in [9.17, 15) is 19.8 Å². The van der Waals surface area contributed by atoms with Crippen LogP contribution in [0.15, 0.2) is 72.8 Å². The molecule has 4 rings (SSSR count). The molecule has 0 aromatic heterocycles. The molecule has 0 saturated carbocycles. The Labute approximate surface area is 160 Å². The van der Waals surface area contributed by atoms with Gasteiger partial charge in [-0.05, 0) is 45.8 Å². The average molecular weight is 366 g/mol. The quantitative estimate of drug-likeness (QED) is 0.500. The zero-order valence-corrected chi connectivity index (χ0v) is 14.6.